The second-order valence-corrected chi connectivity index (χ2v) is 6.69. The Morgan fingerprint density at radius 1 is 1.09 bits per heavy atom. The highest BCUT2D eigenvalue weighted by atomic mass is 19.4. The molecule has 23 heavy (non-hydrogen) atoms. The molecule has 2 aliphatic rings. The molecular formula is C15H26F3N3O2. The molecule has 3 N–H and O–H groups in total. The van der Waals surface area contributed by atoms with Gasteiger partial charge in [0.05, 0.1) is 12.6 Å². The lowest BCUT2D eigenvalue weighted by molar-refractivity contribution is -0.148. The molecule has 2 rings (SSSR count). The van der Waals surface area contributed by atoms with Crippen molar-refractivity contribution in [2.45, 2.75) is 56.8 Å². The van der Waals surface area contributed by atoms with E-state index < -0.39 is 12.7 Å². The van der Waals surface area contributed by atoms with Crippen LogP contribution in [0.4, 0.5) is 18.0 Å². The van der Waals surface area contributed by atoms with E-state index in [9.17, 15) is 23.1 Å². The summed E-state index contributed by atoms with van der Waals surface area (Å²) >= 11 is 0. The zero-order valence-corrected chi connectivity index (χ0v) is 13.2. The monoisotopic (exact) mass is 337 g/mol. The average molecular weight is 337 g/mol. The van der Waals surface area contributed by atoms with Crippen LogP contribution in [0.25, 0.3) is 0 Å². The quantitative estimate of drug-likeness (QED) is 0.734. The lowest BCUT2D eigenvalue weighted by Crippen LogP contribution is -2.47. The summed E-state index contributed by atoms with van der Waals surface area (Å²) < 4.78 is 36.9. The number of likely N-dealkylation sites (tertiary alicyclic amines) is 1. The van der Waals surface area contributed by atoms with Gasteiger partial charge in [0.1, 0.15) is 0 Å². The predicted molar refractivity (Wildman–Crippen MR) is 80.0 cm³/mol. The van der Waals surface area contributed by atoms with Crippen LogP contribution in [-0.2, 0) is 0 Å². The van der Waals surface area contributed by atoms with E-state index in [1.165, 1.54) is 4.90 Å². The summed E-state index contributed by atoms with van der Waals surface area (Å²) in [5, 5.41) is 15.1. The molecule has 8 heteroatoms. The SMILES string of the molecule is O=C(NCC1CCN(CC(F)(F)F)CC1)NC1CCC(O)CC1. The third-order valence-electron chi connectivity index (χ3n) is 4.69. The fraction of sp³-hybridized carbons (Fsp3) is 0.933. The molecule has 0 bridgehead atoms. The summed E-state index contributed by atoms with van der Waals surface area (Å²) in [6.45, 7) is 0.504. The van der Waals surface area contributed by atoms with Crippen LogP contribution < -0.4 is 10.6 Å². The number of urea groups is 1. The second-order valence-electron chi connectivity index (χ2n) is 6.69. The number of amides is 2. The Hall–Kier alpha value is -1.02. The van der Waals surface area contributed by atoms with Crippen molar-refractivity contribution in [3.63, 3.8) is 0 Å². The smallest absolute Gasteiger partial charge is 0.393 e. The third-order valence-corrected chi connectivity index (χ3v) is 4.69. The summed E-state index contributed by atoms with van der Waals surface area (Å²) in [5.74, 6) is 0.235. The molecule has 0 aromatic heterocycles. The molecule has 1 aliphatic carbocycles. The van der Waals surface area contributed by atoms with E-state index in [1.807, 2.05) is 0 Å². The van der Waals surface area contributed by atoms with E-state index >= 15 is 0 Å². The lowest BCUT2D eigenvalue weighted by atomic mass is 9.93. The van der Waals surface area contributed by atoms with Crippen molar-refractivity contribution in [3.05, 3.63) is 0 Å². The highest BCUT2D eigenvalue weighted by Gasteiger charge is 2.32. The van der Waals surface area contributed by atoms with Crippen molar-refractivity contribution in [3.8, 4) is 0 Å². The Labute approximate surface area is 134 Å². The number of nitrogens with one attached hydrogen (secondary N) is 2. The molecule has 0 radical (unpaired) electrons. The molecule has 1 aliphatic heterocycles. The van der Waals surface area contributed by atoms with Gasteiger partial charge in [-0.05, 0) is 57.5 Å². The van der Waals surface area contributed by atoms with E-state index in [0.29, 0.717) is 45.3 Å². The number of carbonyl (C=O) groups is 1. The standard InChI is InChI=1S/C15H26F3N3O2/c16-15(17,18)10-21-7-5-11(6-8-21)9-19-14(23)20-12-1-3-13(22)4-2-12/h11-13,22H,1-10H2,(H2,19,20,23). The molecule has 0 unspecified atom stereocenters. The molecule has 0 spiro atoms. The first kappa shape index (κ1) is 18.3. The number of halogens is 3. The van der Waals surface area contributed by atoms with Crippen molar-refractivity contribution in [1.29, 1.82) is 0 Å². The Bertz CT molecular complexity index is 377. The van der Waals surface area contributed by atoms with Crippen LogP contribution in [0.5, 0.6) is 0 Å². The molecular weight excluding hydrogens is 311 g/mol. The zero-order chi connectivity index (χ0) is 16.9. The van der Waals surface area contributed by atoms with Gasteiger partial charge >= 0.3 is 12.2 Å². The number of aliphatic hydroxyl groups excluding tert-OH is 1. The Morgan fingerprint density at radius 3 is 2.26 bits per heavy atom. The number of nitrogens with zero attached hydrogens (tertiary/aromatic N) is 1. The summed E-state index contributed by atoms with van der Waals surface area (Å²) in [6.07, 6.45) is -0.0608. The van der Waals surface area contributed by atoms with E-state index in [2.05, 4.69) is 10.6 Å². The summed E-state index contributed by atoms with van der Waals surface area (Å²) in [6, 6.07) is -0.115. The molecule has 0 atom stereocenters. The van der Waals surface area contributed by atoms with Crippen LogP contribution in [-0.4, -0.2) is 60.5 Å². The van der Waals surface area contributed by atoms with Crippen molar-refractivity contribution in [2.24, 2.45) is 5.92 Å². The number of alkyl halides is 3. The maximum absolute atomic E-state index is 12.3. The highest BCUT2D eigenvalue weighted by molar-refractivity contribution is 5.74. The first-order valence-electron chi connectivity index (χ1n) is 8.33. The number of carbonyl (C=O) groups excluding carboxylic acids is 1. The van der Waals surface area contributed by atoms with Crippen LogP contribution in [0.3, 0.4) is 0 Å². The van der Waals surface area contributed by atoms with Gasteiger partial charge in [-0.25, -0.2) is 4.79 Å². The normalized spacial score (nSPS) is 27.7. The van der Waals surface area contributed by atoms with Gasteiger partial charge in [-0.1, -0.05) is 0 Å². The van der Waals surface area contributed by atoms with Crippen LogP contribution in [0.1, 0.15) is 38.5 Å². The topological polar surface area (TPSA) is 64.6 Å². The van der Waals surface area contributed by atoms with E-state index in [1.54, 1.807) is 0 Å². The van der Waals surface area contributed by atoms with Crippen LogP contribution in [0.15, 0.2) is 0 Å². The largest absolute Gasteiger partial charge is 0.401 e. The van der Waals surface area contributed by atoms with E-state index in [0.717, 1.165) is 12.8 Å². The van der Waals surface area contributed by atoms with E-state index in [-0.39, 0.29) is 24.1 Å². The zero-order valence-electron chi connectivity index (χ0n) is 13.2. The van der Waals surface area contributed by atoms with Gasteiger partial charge < -0.3 is 15.7 Å². The number of rotatable bonds is 4. The molecule has 2 fully saturated rings. The summed E-state index contributed by atoms with van der Waals surface area (Å²) in [4.78, 5) is 13.3. The maximum Gasteiger partial charge on any atom is 0.401 e. The van der Waals surface area contributed by atoms with Crippen molar-refractivity contribution in [1.82, 2.24) is 15.5 Å². The van der Waals surface area contributed by atoms with Crippen LogP contribution in [0.2, 0.25) is 0 Å². The first-order valence-corrected chi connectivity index (χ1v) is 8.33. The number of piperidine rings is 1. The fourth-order valence-corrected chi connectivity index (χ4v) is 3.30. The Morgan fingerprint density at radius 2 is 1.70 bits per heavy atom. The summed E-state index contributed by atoms with van der Waals surface area (Å²) in [5.41, 5.74) is 0. The Balaban J connectivity index is 1.59. The van der Waals surface area contributed by atoms with Gasteiger partial charge in [-0.3, -0.25) is 4.90 Å². The number of hydrogen-bond donors (Lipinski definition) is 3. The third kappa shape index (κ3) is 6.95. The van der Waals surface area contributed by atoms with Gasteiger partial charge in [-0.15, -0.1) is 0 Å². The lowest BCUT2D eigenvalue weighted by Gasteiger charge is -2.32. The second kappa shape index (κ2) is 8.19. The van der Waals surface area contributed by atoms with Crippen molar-refractivity contribution >= 4 is 6.03 Å². The molecule has 5 nitrogen and oxygen atoms in total. The number of aliphatic hydroxyl groups is 1. The molecule has 2 amide bonds. The average Bonchev–Trinajstić information content (AvgIpc) is 2.47. The van der Waals surface area contributed by atoms with Crippen LogP contribution in [0, 0.1) is 5.92 Å². The first-order chi connectivity index (χ1) is 10.8. The fourth-order valence-electron chi connectivity index (χ4n) is 3.30. The molecule has 0 aromatic rings. The molecule has 1 heterocycles. The minimum Gasteiger partial charge on any atom is -0.393 e. The van der Waals surface area contributed by atoms with Crippen LogP contribution >= 0.6 is 0 Å². The predicted octanol–water partition coefficient (Wildman–Crippen LogP) is 1.86. The maximum atomic E-state index is 12.3. The molecule has 0 aromatic carbocycles. The molecule has 1 saturated heterocycles. The minimum atomic E-state index is -4.14. The number of hydrogen-bond acceptors (Lipinski definition) is 3. The molecule has 1 saturated carbocycles. The highest BCUT2D eigenvalue weighted by Crippen LogP contribution is 2.22. The van der Waals surface area contributed by atoms with Gasteiger partial charge in [0.2, 0.25) is 0 Å². The van der Waals surface area contributed by atoms with Crippen molar-refractivity contribution in [2.75, 3.05) is 26.2 Å². The van der Waals surface area contributed by atoms with Crippen molar-refractivity contribution < 1.29 is 23.1 Å². The minimum absolute atomic E-state index is 0.104. The molecule has 134 valence electrons. The summed E-state index contributed by atoms with van der Waals surface area (Å²) in [7, 11) is 0. The van der Waals surface area contributed by atoms with Gasteiger partial charge in [-0.2, -0.15) is 13.2 Å². The van der Waals surface area contributed by atoms with Gasteiger partial charge in [0.15, 0.2) is 0 Å². The Kier molecular flexibility index (Phi) is 6.52. The van der Waals surface area contributed by atoms with Gasteiger partial charge in [0, 0.05) is 12.6 Å². The van der Waals surface area contributed by atoms with Gasteiger partial charge in [0.25, 0.3) is 0 Å². The van der Waals surface area contributed by atoms with E-state index in [4.69, 9.17) is 0 Å².